The van der Waals surface area contributed by atoms with E-state index in [1.165, 1.54) is 18.2 Å². The second kappa shape index (κ2) is 6.70. The monoisotopic (exact) mass is 271 g/mol. The van der Waals surface area contributed by atoms with Gasteiger partial charge in [0, 0.05) is 12.5 Å². The summed E-state index contributed by atoms with van der Waals surface area (Å²) < 4.78 is 5.24. The number of rotatable bonds is 7. The Bertz CT molecular complexity index is 475. The fraction of sp³-hybridized carbons (Fsp3) is 0.273. The van der Waals surface area contributed by atoms with Gasteiger partial charge in [-0.25, -0.2) is 0 Å². The van der Waals surface area contributed by atoms with Gasteiger partial charge in [0.2, 0.25) is 5.24 Å². The van der Waals surface area contributed by atoms with E-state index in [0.717, 1.165) is 0 Å². The van der Waals surface area contributed by atoms with Crippen molar-refractivity contribution in [2.45, 2.75) is 12.8 Å². The zero-order valence-corrected chi connectivity index (χ0v) is 10.1. The van der Waals surface area contributed by atoms with Crippen molar-refractivity contribution in [3.63, 3.8) is 0 Å². The molecule has 1 aromatic carbocycles. The van der Waals surface area contributed by atoms with Crippen LogP contribution in [0.5, 0.6) is 5.75 Å². The predicted octanol–water partition coefficient (Wildman–Crippen LogP) is 2.33. The second-order valence-corrected chi connectivity index (χ2v) is 3.82. The lowest BCUT2D eigenvalue weighted by Crippen LogP contribution is -2.01. The Kier molecular flexibility index (Phi) is 5.26. The summed E-state index contributed by atoms with van der Waals surface area (Å²) in [5, 5.41) is 10.1. The molecular weight excluding hydrogens is 262 g/mol. The Morgan fingerprint density at radius 3 is 2.78 bits per heavy atom. The Morgan fingerprint density at radius 2 is 2.22 bits per heavy atom. The summed E-state index contributed by atoms with van der Waals surface area (Å²) in [6.45, 7) is 0.245. The van der Waals surface area contributed by atoms with Crippen LogP contribution in [0.25, 0.3) is 0 Å². The van der Waals surface area contributed by atoms with E-state index in [2.05, 4.69) is 0 Å². The molecule has 7 heteroatoms. The Morgan fingerprint density at radius 1 is 1.50 bits per heavy atom. The maximum absolute atomic E-state index is 10.7. The first-order chi connectivity index (χ1) is 8.54. The van der Waals surface area contributed by atoms with Crippen molar-refractivity contribution in [3.05, 3.63) is 33.9 Å². The first-order valence-electron chi connectivity index (χ1n) is 5.09. The number of halogens is 1. The summed E-state index contributed by atoms with van der Waals surface area (Å²) in [5.74, 6) is 0.338. The zero-order chi connectivity index (χ0) is 13.5. The van der Waals surface area contributed by atoms with Crippen LogP contribution < -0.4 is 4.74 Å². The molecule has 0 amide bonds. The molecule has 0 atom stereocenters. The Hall–Kier alpha value is -1.95. The van der Waals surface area contributed by atoms with Crippen molar-refractivity contribution < 1.29 is 19.2 Å². The summed E-state index contributed by atoms with van der Waals surface area (Å²) in [7, 11) is 0. The summed E-state index contributed by atoms with van der Waals surface area (Å²) in [6, 6.07) is 3.88. The van der Waals surface area contributed by atoms with Gasteiger partial charge in [-0.05, 0) is 30.2 Å². The van der Waals surface area contributed by atoms with Gasteiger partial charge in [-0.1, -0.05) is 0 Å². The number of hydrogen-bond acceptors (Lipinski definition) is 5. The lowest BCUT2D eigenvalue weighted by atomic mass is 10.2. The summed E-state index contributed by atoms with van der Waals surface area (Å²) in [5.41, 5.74) is -0.320. The predicted molar refractivity (Wildman–Crippen MR) is 64.1 cm³/mol. The largest absolute Gasteiger partial charge is 0.494 e. The van der Waals surface area contributed by atoms with Crippen LogP contribution >= 0.6 is 11.6 Å². The molecule has 0 radical (unpaired) electrons. The van der Waals surface area contributed by atoms with Crippen molar-refractivity contribution in [2.24, 2.45) is 0 Å². The molecule has 0 N–H and O–H groups in total. The lowest BCUT2D eigenvalue weighted by molar-refractivity contribution is -0.385. The van der Waals surface area contributed by atoms with Crippen LogP contribution in [-0.2, 0) is 4.79 Å². The van der Waals surface area contributed by atoms with E-state index in [0.29, 0.717) is 18.5 Å². The minimum atomic E-state index is -0.639. The smallest absolute Gasteiger partial charge is 0.280 e. The third-order valence-corrected chi connectivity index (χ3v) is 2.30. The SMILES string of the molecule is O=Cc1cc(OCCCC(=O)Cl)ccc1[N+](=O)[O-]. The van der Waals surface area contributed by atoms with Crippen LogP contribution in [-0.4, -0.2) is 23.1 Å². The number of nitro groups is 1. The summed E-state index contributed by atoms with van der Waals surface area (Å²) in [6.07, 6.45) is 1.03. The average Bonchev–Trinajstić information content (AvgIpc) is 2.33. The van der Waals surface area contributed by atoms with Crippen LogP contribution in [0.2, 0.25) is 0 Å². The lowest BCUT2D eigenvalue weighted by Gasteiger charge is -2.05. The van der Waals surface area contributed by atoms with E-state index in [1.54, 1.807) is 0 Å². The van der Waals surface area contributed by atoms with Gasteiger partial charge in [-0.2, -0.15) is 0 Å². The molecule has 1 aromatic rings. The van der Waals surface area contributed by atoms with Gasteiger partial charge in [0.25, 0.3) is 5.69 Å². The number of hydrogen-bond donors (Lipinski definition) is 0. The molecule has 1 rings (SSSR count). The standard InChI is InChI=1S/C11H10ClNO5/c12-11(15)2-1-5-18-9-3-4-10(13(16)17)8(6-9)7-14/h3-4,6-7H,1-2,5H2. The molecule has 6 nitrogen and oxygen atoms in total. The molecule has 0 saturated carbocycles. The van der Waals surface area contributed by atoms with E-state index in [-0.39, 0.29) is 24.3 Å². The van der Waals surface area contributed by atoms with Crippen molar-refractivity contribution in [1.82, 2.24) is 0 Å². The molecule has 0 spiro atoms. The normalized spacial score (nSPS) is 9.83. The molecular formula is C11H10ClNO5. The number of nitro benzene ring substituents is 1. The molecule has 0 aliphatic carbocycles. The topological polar surface area (TPSA) is 86.5 Å². The fourth-order valence-corrected chi connectivity index (χ4v) is 1.42. The second-order valence-electron chi connectivity index (χ2n) is 3.40. The fourth-order valence-electron chi connectivity index (χ4n) is 1.28. The van der Waals surface area contributed by atoms with Gasteiger partial charge >= 0.3 is 0 Å². The number of benzene rings is 1. The molecule has 0 saturated heterocycles. The van der Waals surface area contributed by atoms with Crippen molar-refractivity contribution in [1.29, 1.82) is 0 Å². The van der Waals surface area contributed by atoms with Crippen LogP contribution in [0.4, 0.5) is 5.69 Å². The Labute approximate surface area is 108 Å². The van der Waals surface area contributed by atoms with Crippen molar-refractivity contribution in [3.8, 4) is 5.75 Å². The van der Waals surface area contributed by atoms with E-state index < -0.39 is 10.2 Å². The third kappa shape index (κ3) is 4.14. The van der Waals surface area contributed by atoms with Crippen LogP contribution in [0.1, 0.15) is 23.2 Å². The van der Waals surface area contributed by atoms with E-state index in [1.807, 2.05) is 0 Å². The molecule has 0 unspecified atom stereocenters. The highest BCUT2D eigenvalue weighted by Gasteiger charge is 2.13. The molecule has 18 heavy (non-hydrogen) atoms. The van der Waals surface area contributed by atoms with Gasteiger partial charge in [0.05, 0.1) is 17.1 Å². The zero-order valence-electron chi connectivity index (χ0n) is 9.30. The molecule has 0 fully saturated rings. The quantitative estimate of drug-likeness (QED) is 0.250. The van der Waals surface area contributed by atoms with Crippen molar-refractivity contribution >= 4 is 28.8 Å². The molecule has 0 heterocycles. The first kappa shape index (κ1) is 14.1. The highest BCUT2D eigenvalue weighted by molar-refractivity contribution is 6.63. The molecule has 0 aliphatic heterocycles. The maximum atomic E-state index is 10.7. The molecule has 0 bridgehead atoms. The van der Waals surface area contributed by atoms with Gasteiger partial charge in [-0.15, -0.1) is 0 Å². The highest BCUT2D eigenvalue weighted by atomic mass is 35.5. The van der Waals surface area contributed by atoms with Gasteiger partial charge in [0.1, 0.15) is 5.75 Å². The highest BCUT2D eigenvalue weighted by Crippen LogP contribution is 2.22. The number of ether oxygens (including phenoxy) is 1. The first-order valence-corrected chi connectivity index (χ1v) is 5.47. The van der Waals surface area contributed by atoms with Crippen LogP contribution in [0.3, 0.4) is 0 Å². The number of nitrogens with zero attached hydrogens (tertiary/aromatic N) is 1. The van der Waals surface area contributed by atoms with Crippen LogP contribution in [0.15, 0.2) is 18.2 Å². The van der Waals surface area contributed by atoms with E-state index >= 15 is 0 Å². The summed E-state index contributed by atoms with van der Waals surface area (Å²) in [4.78, 5) is 31.1. The van der Waals surface area contributed by atoms with E-state index in [4.69, 9.17) is 16.3 Å². The minimum absolute atomic E-state index is 0.0501. The van der Waals surface area contributed by atoms with Gasteiger partial charge < -0.3 is 4.74 Å². The third-order valence-electron chi connectivity index (χ3n) is 2.11. The van der Waals surface area contributed by atoms with Crippen LogP contribution in [0, 0.1) is 10.1 Å². The summed E-state index contributed by atoms with van der Waals surface area (Å²) >= 11 is 5.15. The Balaban J connectivity index is 2.65. The molecule has 0 aromatic heterocycles. The number of aldehydes is 1. The number of carbonyl (C=O) groups excluding carboxylic acids is 2. The van der Waals surface area contributed by atoms with Gasteiger partial charge in [-0.3, -0.25) is 19.7 Å². The molecule has 96 valence electrons. The minimum Gasteiger partial charge on any atom is -0.494 e. The van der Waals surface area contributed by atoms with E-state index in [9.17, 15) is 19.7 Å². The van der Waals surface area contributed by atoms with Gasteiger partial charge in [0.15, 0.2) is 6.29 Å². The van der Waals surface area contributed by atoms with Crippen molar-refractivity contribution in [2.75, 3.05) is 6.61 Å². The average molecular weight is 272 g/mol. The number of carbonyl (C=O) groups is 2. The maximum Gasteiger partial charge on any atom is 0.280 e. The molecule has 0 aliphatic rings.